The van der Waals surface area contributed by atoms with Gasteiger partial charge in [-0.25, -0.2) is 0 Å². The Bertz CT molecular complexity index is 425. The summed E-state index contributed by atoms with van der Waals surface area (Å²) in [6.45, 7) is 1.85. The molecule has 0 atom stereocenters. The van der Waals surface area contributed by atoms with Gasteiger partial charge in [-0.05, 0) is 37.1 Å². The van der Waals surface area contributed by atoms with Gasteiger partial charge in [0.05, 0.1) is 6.54 Å². The number of hydrogen-bond acceptors (Lipinski definition) is 4. The van der Waals surface area contributed by atoms with E-state index in [4.69, 9.17) is 5.73 Å². The van der Waals surface area contributed by atoms with E-state index in [1.807, 2.05) is 16.8 Å². The smallest absolute Gasteiger partial charge is 0.242 e. The van der Waals surface area contributed by atoms with Gasteiger partial charge in [0.25, 0.3) is 0 Å². The zero-order valence-corrected chi connectivity index (χ0v) is 11.2. The van der Waals surface area contributed by atoms with Gasteiger partial charge >= 0.3 is 0 Å². The summed E-state index contributed by atoms with van der Waals surface area (Å²) in [7, 11) is 1.87. The standard InChI is InChI=1S/C14H21N3O2/c1-16(12-2-4-13(18)5-3-12)10-14(19)17-8-6-11(15)7-9-17/h2-5,11,18H,6-10,15H2,1H3. The molecule has 1 fully saturated rings. The highest BCUT2D eigenvalue weighted by Crippen LogP contribution is 2.17. The summed E-state index contributed by atoms with van der Waals surface area (Å²) in [4.78, 5) is 15.9. The van der Waals surface area contributed by atoms with Gasteiger partial charge in [0.15, 0.2) is 0 Å². The maximum atomic E-state index is 12.1. The number of amides is 1. The molecule has 2 rings (SSSR count). The Morgan fingerprint density at radius 1 is 1.37 bits per heavy atom. The van der Waals surface area contributed by atoms with Gasteiger partial charge in [-0.15, -0.1) is 0 Å². The van der Waals surface area contributed by atoms with Crippen LogP contribution in [0, 0.1) is 0 Å². The van der Waals surface area contributed by atoms with Crippen LogP contribution in [-0.4, -0.2) is 48.6 Å². The van der Waals surface area contributed by atoms with E-state index in [2.05, 4.69) is 0 Å². The number of phenols is 1. The molecule has 1 aliphatic heterocycles. The van der Waals surface area contributed by atoms with Crippen molar-refractivity contribution in [1.82, 2.24) is 4.90 Å². The highest BCUT2D eigenvalue weighted by atomic mass is 16.3. The SMILES string of the molecule is CN(CC(=O)N1CCC(N)CC1)c1ccc(O)cc1. The lowest BCUT2D eigenvalue weighted by Gasteiger charge is -2.31. The van der Waals surface area contributed by atoms with Crippen molar-refractivity contribution in [3.63, 3.8) is 0 Å². The molecule has 1 aliphatic rings. The van der Waals surface area contributed by atoms with Crippen molar-refractivity contribution in [3.05, 3.63) is 24.3 Å². The average molecular weight is 263 g/mol. The number of hydrogen-bond donors (Lipinski definition) is 2. The Kier molecular flexibility index (Phi) is 4.27. The molecule has 0 aromatic heterocycles. The molecule has 3 N–H and O–H groups in total. The lowest BCUT2D eigenvalue weighted by atomic mass is 10.1. The predicted octanol–water partition coefficient (Wildman–Crippen LogP) is 0.778. The maximum Gasteiger partial charge on any atom is 0.242 e. The van der Waals surface area contributed by atoms with Crippen LogP contribution in [-0.2, 0) is 4.79 Å². The number of nitrogens with zero attached hydrogens (tertiary/aromatic N) is 2. The molecule has 0 spiro atoms. The van der Waals surface area contributed by atoms with Crippen LogP contribution in [0.3, 0.4) is 0 Å². The molecular formula is C14H21N3O2. The molecule has 1 aromatic carbocycles. The number of carbonyl (C=O) groups excluding carboxylic acids is 1. The van der Waals surface area contributed by atoms with Gasteiger partial charge in [-0.1, -0.05) is 0 Å². The molecule has 1 heterocycles. The van der Waals surface area contributed by atoms with Crippen LogP contribution in [0.4, 0.5) is 5.69 Å². The van der Waals surface area contributed by atoms with Crippen molar-refractivity contribution in [1.29, 1.82) is 0 Å². The first-order chi connectivity index (χ1) is 9.06. The van der Waals surface area contributed by atoms with Gasteiger partial charge < -0.3 is 20.6 Å². The highest BCUT2D eigenvalue weighted by molar-refractivity contribution is 5.81. The third-order valence-electron chi connectivity index (χ3n) is 3.56. The van der Waals surface area contributed by atoms with E-state index in [-0.39, 0.29) is 17.7 Å². The predicted molar refractivity (Wildman–Crippen MR) is 75.2 cm³/mol. The summed E-state index contributed by atoms with van der Waals surface area (Å²) in [6.07, 6.45) is 1.77. The Morgan fingerprint density at radius 3 is 2.53 bits per heavy atom. The Balaban J connectivity index is 1.89. The Hall–Kier alpha value is -1.75. The molecule has 0 radical (unpaired) electrons. The Morgan fingerprint density at radius 2 is 1.95 bits per heavy atom. The highest BCUT2D eigenvalue weighted by Gasteiger charge is 2.21. The molecule has 19 heavy (non-hydrogen) atoms. The topological polar surface area (TPSA) is 69.8 Å². The van der Waals surface area contributed by atoms with Gasteiger partial charge in [-0.2, -0.15) is 0 Å². The molecule has 0 unspecified atom stereocenters. The van der Waals surface area contributed by atoms with Crippen LogP contribution in [0.5, 0.6) is 5.75 Å². The summed E-state index contributed by atoms with van der Waals surface area (Å²) in [6, 6.07) is 7.08. The fourth-order valence-corrected chi connectivity index (χ4v) is 2.25. The van der Waals surface area contributed by atoms with Crippen molar-refractivity contribution >= 4 is 11.6 Å². The number of rotatable bonds is 3. The molecule has 5 heteroatoms. The van der Waals surface area contributed by atoms with E-state index in [9.17, 15) is 9.90 Å². The second-order valence-electron chi connectivity index (χ2n) is 5.09. The largest absolute Gasteiger partial charge is 0.508 e. The molecule has 104 valence electrons. The number of piperidine rings is 1. The van der Waals surface area contributed by atoms with Crippen molar-refractivity contribution in [2.24, 2.45) is 5.73 Å². The maximum absolute atomic E-state index is 12.1. The lowest BCUT2D eigenvalue weighted by Crippen LogP contribution is -2.46. The van der Waals surface area contributed by atoms with Crippen molar-refractivity contribution in [2.75, 3.05) is 31.6 Å². The molecule has 5 nitrogen and oxygen atoms in total. The van der Waals surface area contributed by atoms with Crippen molar-refractivity contribution < 1.29 is 9.90 Å². The van der Waals surface area contributed by atoms with E-state index in [0.29, 0.717) is 6.54 Å². The van der Waals surface area contributed by atoms with Crippen LogP contribution in [0.2, 0.25) is 0 Å². The number of anilines is 1. The fourth-order valence-electron chi connectivity index (χ4n) is 2.25. The Labute approximate surface area is 113 Å². The number of benzene rings is 1. The molecule has 1 amide bonds. The van der Waals surface area contributed by atoms with Gasteiger partial charge in [0.1, 0.15) is 5.75 Å². The van der Waals surface area contributed by atoms with Crippen LogP contribution in [0.25, 0.3) is 0 Å². The van der Waals surface area contributed by atoms with Gasteiger partial charge in [0, 0.05) is 31.9 Å². The van der Waals surface area contributed by atoms with Gasteiger partial charge in [-0.3, -0.25) is 4.79 Å². The summed E-state index contributed by atoms with van der Waals surface area (Å²) < 4.78 is 0. The minimum Gasteiger partial charge on any atom is -0.508 e. The second-order valence-corrected chi connectivity index (χ2v) is 5.09. The third-order valence-corrected chi connectivity index (χ3v) is 3.56. The zero-order chi connectivity index (χ0) is 13.8. The van der Waals surface area contributed by atoms with E-state index < -0.39 is 0 Å². The van der Waals surface area contributed by atoms with Crippen molar-refractivity contribution in [3.8, 4) is 5.75 Å². The second kappa shape index (κ2) is 5.93. The number of likely N-dealkylation sites (tertiary alicyclic amines) is 1. The van der Waals surface area contributed by atoms with E-state index in [1.165, 1.54) is 0 Å². The lowest BCUT2D eigenvalue weighted by molar-refractivity contribution is -0.130. The molecule has 0 aliphatic carbocycles. The van der Waals surface area contributed by atoms with Gasteiger partial charge in [0.2, 0.25) is 5.91 Å². The minimum atomic E-state index is 0.127. The van der Waals surface area contributed by atoms with E-state index >= 15 is 0 Å². The zero-order valence-electron chi connectivity index (χ0n) is 11.2. The van der Waals surface area contributed by atoms with Crippen LogP contribution in [0.1, 0.15) is 12.8 Å². The van der Waals surface area contributed by atoms with E-state index in [0.717, 1.165) is 31.6 Å². The third kappa shape index (κ3) is 3.61. The summed E-state index contributed by atoms with van der Waals surface area (Å²) in [5, 5.41) is 9.24. The van der Waals surface area contributed by atoms with Crippen molar-refractivity contribution in [2.45, 2.75) is 18.9 Å². The van der Waals surface area contributed by atoms with Crippen LogP contribution >= 0.6 is 0 Å². The normalized spacial score (nSPS) is 16.4. The number of nitrogens with two attached hydrogens (primary N) is 1. The number of likely N-dealkylation sites (N-methyl/N-ethyl adjacent to an activating group) is 1. The molecular weight excluding hydrogens is 242 g/mol. The molecule has 1 aromatic rings. The first-order valence-corrected chi connectivity index (χ1v) is 6.60. The molecule has 1 saturated heterocycles. The fraction of sp³-hybridized carbons (Fsp3) is 0.500. The quantitative estimate of drug-likeness (QED) is 0.845. The van der Waals surface area contributed by atoms with E-state index in [1.54, 1.807) is 24.3 Å². The molecule has 0 saturated carbocycles. The first kappa shape index (κ1) is 13.7. The van der Waals surface area contributed by atoms with Crippen LogP contribution in [0.15, 0.2) is 24.3 Å². The average Bonchev–Trinajstić information content (AvgIpc) is 2.40. The summed E-state index contributed by atoms with van der Waals surface area (Å²) in [5.74, 6) is 0.357. The number of aromatic hydroxyl groups is 1. The monoisotopic (exact) mass is 263 g/mol. The summed E-state index contributed by atoms with van der Waals surface area (Å²) >= 11 is 0. The number of carbonyl (C=O) groups is 1. The molecule has 0 bridgehead atoms. The summed E-state index contributed by atoms with van der Waals surface area (Å²) in [5.41, 5.74) is 6.75. The minimum absolute atomic E-state index is 0.127. The first-order valence-electron chi connectivity index (χ1n) is 6.60. The van der Waals surface area contributed by atoms with Crippen LogP contribution < -0.4 is 10.6 Å². The number of phenolic OH excluding ortho intramolecular Hbond substituents is 1.